The standard InChI is InChI=1S/C13H16N4O2/c1-10(7-8-18)15-13(19)12-9-14-17(16-12)11-5-3-2-4-6-11/h2-6,9-10,18H,7-8H2,1H3,(H,15,19). The maximum absolute atomic E-state index is 11.9. The van der Waals surface area contributed by atoms with Crippen LogP contribution in [0.25, 0.3) is 5.69 Å². The number of nitrogens with one attached hydrogen (secondary N) is 1. The van der Waals surface area contributed by atoms with Gasteiger partial charge in [0.05, 0.1) is 11.9 Å². The van der Waals surface area contributed by atoms with Crippen LogP contribution in [-0.2, 0) is 0 Å². The van der Waals surface area contributed by atoms with Gasteiger partial charge in [-0.05, 0) is 25.5 Å². The smallest absolute Gasteiger partial charge is 0.273 e. The average molecular weight is 260 g/mol. The zero-order valence-corrected chi connectivity index (χ0v) is 10.7. The summed E-state index contributed by atoms with van der Waals surface area (Å²) in [5, 5.41) is 19.7. The largest absolute Gasteiger partial charge is 0.396 e. The number of aliphatic hydroxyl groups excluding tert-OH is 1. The van der Waals surface area contributed by atoms with E-state index in [1.165, 1.54) is 11.0 Å². The molecule has 0 fully saturated rings. The normalized spacial score (nSPS) is 12.1. The topological polar surface area (TPSA) is 80.0 Å². The number of carbonyl (C=O) groups excluding carboxylic acids is 1. The van der Waals surface area contributed by atoms with Crippen LogP contribution in [0, 0.1) is 0 Å². The Bertz CT molecular complexity index is 539. The summed E-state index contributed by atoms with van der Waals surface area (Å²) in [4.78, 5) is 13.3. The lowest BCUT2D eigenvalue weighted by atomic mass is 10.2. The fraction of sp³-hybridized carbons (Fsp3) is 0.308. The highest BCUT2D eigenvalue weighted by Crippen LogP contribution is 2.04. The van der Waals surface area contributed by atoms with Crippen molar-refractivity contribution < 1.29 is 9.90 Å². The maximum atomic E-state index is 11.9. The van der Waals surface area contributed by atoms with Crippen molar-refractivity contribution in [1.29, 1.82) is 0 Å². The molecule has 0 spiro atoms. The van der Waals surface area contributed by atoms with E-state index in [-0.39, 0.29) is 24.2 Å². The van der Waals surface area contributed by atoms with Gasteiger partial charge in [0.25, 0.3) is 5.91 Å². The predicted octanol–water partition coefficient (Wildman–Crippen LogP) is 0.768. The number of carbonyl (C=O) groups is 1. The van der Waals surface area contributed by atoms with Gasteiger partial charge in [0.1, 0.15) is 0 Å². The Morgan fingerprint density at radius 3 is 2.84 bits per heavy atom. The van der Waals surface area contributed by atoms with Crippen LogP contribution in [0.15, 0.2) is 36.5 Å². The quantitative estimate of drug-likeness (QED) is 0.832. The molecular formula is C13H16N4O2. The Morgan fingerprint density at radius 1 is 1.42 bits per heavy atom. The molecule has 2 N–H and O–H groups in total. The molecule has 1 amide bonds. The number of nitrogens with zero attached hydrogens (tertiary/aromatic N) is 3. The van der Waals surface area contributed by atoms with Crippen molar-refractivity contribution in [1.82, 2.24) is 20.3 Å². The molecule has 1 unspecified atom stereocenters. The monoisotopic (exact) mass is 260 g/mol. The van der Waals surface area contributed by atoms with Crippen LogP contribution < -0.4 is 5.32 Å². The van der Waals surface area contributed by atoms with Crippen LogP contribution in [0.5, 0.6) is 0 Å². The number of aromatic nitrogens is 3. The van der Waals surface area contributed by atoms with E-state index in [0.717, 1.165) is 5.69 Å². The second-order valence-electron chi connectivity index (χ2n) is 4.24. The van der Waals surface area contributed by atoms with Gasteiger partial charge in [0.2, 0.25) is 0 Å². The summed E-state index contributed by atoms with van der Waals surface area (Å²) in [7, 11) is 0. The third-order valence-corrected chi connectivity index (χ3v) is 2.65. The highest BCUT2D eigenvalue weighted by atomic mass is 16.3. The summed E-state index contributed by atoms with van der Waals surface area (Å²) in [5.41, 5.74) is 1.05. The van der Waals surface area contributed by atoms with Crippen LogP contribution in [0.2, 0.25) is 0 Å². The lowest BCUT2D eigenvalue weighted by molar-refractivity contribution is 0.0929. The van der Waals surface area contributed by atoms with Crippen molar-refractivity contribution in [2.45, 2.75) is 19.4 Å². The highest BCUT2D eigenvalue weighted by molar-refractivity contribution is 5.92. The molecule has 6 heteroatoms. The number of aliphatic hydroxyl groups is 1. The minimum Gasteiger partial charge on any atom is -0.396 e. The van der Waals surface area contributed by atoms with Gasteiger partial charge in [-0.25, -0.2) is 0 Å². The van der Waals surface area contributed by atoms with Gasteiger partial charge in [-0.1, -0.05) is 18.2 Å². The average Bonchev–Trinajstić information content (AvgIpc) is 2.89. The minimum absolute atomic E-state index is 0.0398. The molecule has 0 bridgehead atoms. The molecular weight excluding hydrogens is 244 g/mol. The first-order valence-corrected chi connectivity index (χ1v) is 6.10. The number of amides is 1. The molecule has 2 rings (SSSR count). The molecule has 0 aliphatic rings. The molecule has 0 saturated carbocycles. The molecule has 0 radical (unpaired) electrons. The van der Waals surface area contributed by atoms with Crippen LogP contribution in [-0.4, -0.2) is 38.7 Å². The van der Waals surface area contributed by atoms with E-state index < -0.39 is 0 Å². The highest BCUT2D eigenvalue weighted by Gasteiger charge is 2.13. The second kappa shape index (κ2) is 6.10. The fourth-order valence-corrected chi connectivity index (χ4v) is 1.62. The van der Waals surface area contributed by atoms with Crippen molar-refractivity contribution in [3.63, 3.8) is 0 Å². The van der Waals surface area contributed by atoms with Gasteiger partial charge in [-0.2, -0.15) is 9.90 Å². The molecule has 19 heavy (non-hydrogen) atoms. The van der Waals surface area contributed by atoms with Crippen molar-refractivity contribution in [3.05, 3.63) is 42.2 Å². The Balaban J connectivity index is 2.07. The lowest BCUT2D eigenvalue weighted by Gasteiger charge is -2.10. The fourth-order valence-electron chi connectivity index (χ4n) is 1.62. The zero-order valence-electron chi connectivity index (χ0n) is 10.7. The second-order valence-corrected chi connectivity index (χ2v) is 4.24. The van der Waals surface area contributed by atoms with E-state index in [1.54, 1.807) is 0 Å². The van der Waals surface area contributed by atoms with E-state index in [4.69, 9.17) is 5.11 Å². The Kier molecular flexibility index (Phi) is 4.25. The first-order valence-electron chi connectivity index (χ1n) is 6.10. The van der Waals surface area contributed by atoms with Gasteiger partial charge in [0.15, 0.2) is 5.69 Å². The molecule has 1 aromatic carbocycles. The minimum atomic E-state index is -0.289. The van der Waals surface area contributed by atoms with Gasteiger partial charge in [-0.3, -0.25) is 4.79 Å². The number of hydrogen-bond acceptors (Lipinski definition) is 4. The number of benzene rings is 1. The summed E-state index contributed by atoms with van der Waals surface area (Å²) in [6.45, 7) is 1.87. The van der Waals surface area contributed by atoms with Gasteiger partial charge in [0, 0.05) is 12.6 Å². The SMILES string of the molecule is CC(CCO)NC(=O)c1cnn(-c2ccccc2)n1. The lowest BCUT2D eigenvalue weighted by Crippen LogP contribution is -2.33. The number of para-hydroxylation sites is 1. The molecule has 1 aromatic heterocycles. The number of hydrogen-bond donors (Lipinski definition) is 2. The molecule has 1 atom stereocenters. The summed E-state index contributed by atoms with van der Waals surface area (Å²) >= 11 is 0. The van der Waals surface area contributed by atoms with Crippen LogP contribution in [0.3, 0.4) is 0 Å². The summed E-state index contributed by atoms with van der Waals surface area (Å²) < 4.78 is 0. The van der Waals surface area contributed by atoms with Crippen molar-refractivity contribution in [3.8, 4) is 5.69 Å². The van der Waals surface area contributed by atoms with Gasteiger partial charge < -0.3 is 10.4 Å². The van der Waals surface area contributed by atoms with E-state index in [0.29, 0.717) is 6.42 Å². The summed E-state index contributed by atoms with van der Waals surface area (Å²) in [6, 6.07) is 9.27. The number of rotatable bonds is 5. The Morgan fingerprint density at radius 2 is 2.16 bits per heavy atom. The molecule has 6 nitrogen and oxygen atoms in total. The van der Waals surface area contributed by atoms with Crippen LogP contribution in [0.4, 0.5) is 0 Å². The van der Waals surface area contributed by atoms with Crippen molar-refractivity contribution in [2.24, 2.45) is 0 Å². The summed E-state index contributed by atoms with van der Waals surface area (Å²) in [6.07, 6.45) is 1.94. The molecule has 0 aliphatic heterocycles. The van der Waals surface area contributed by atoms with Crippen molar-refractivity contribution in [2.75, 3.05) is 6.61 Å². The molecule has 2 aromatic rings. The van der Waals surface area contributed by atoms with Gasteiger partial charge in [-0.15, -0.1) is 5.10 Å². The maximum Gasteiger partial charge on any atom is 0.273 e. The molecule has 0 saturated heterocycles. The van der Waals surface area contributed by atoms with E-state index >= 15 is 0 Å². The van der Waals surface area contributed by atoms with Crippen LogP contribution in [0.1, 0.15) is 23.8 Å². The van der Waals surface area contributed by atoms with E-state index in [1.807, 2.05) is 37.3 Å². The predicted molar refractivity (Wildman–Crippen MR) is 70.0 cm³/mol. The first kappa shape index (κ1) is 13.2. The third-order valence-electron chi connectivity index (χ3n) is 2.65. The Hall–Kier alpha value is -2.21. The van der Waals surface area contributed by atoms with Crippen LogP contribution >= 0.6 is 0 Å². The molecule has 100 valence electrons. The first-order chi connectivity index (χ1) is 9.20. The third kappa shape index (κ3) is 3.38. The van der Waals surface area contributed by atoms with Gasteiger partial charge >= 0.3 is 0 Å². The van der Waals surface area contributed by atoms with E-state index in [9.17, 15) is 4.79 Å². The molecule has 1 heterocycles. The summed E-state index contributed by atoms with van der Waals surface area (Å²) in [5.74, 6) is -0.289. The zero-order chi connectivity index (χ0) is 13.7. The van der Waals surface area contributed by atoms with Crippen molar-refractivity contribution >= 4 is 5.91 Å². The van der Waals surface area contributed by atoms with E-state index in [2.05, 4.69) is 15.5 Å². The molecule has 0 aliphatic carbocycles. The Labute approximate surface area is 111 Å².